The third-order valence-corrected chi connectivity index (χ3v) is 16.1. The molecule has 0 saturated carbocycles. The van der Waals surface area contributed by atoms with Crippen LogP contribution in [0.1, 0.15) is 11.3 Å². The monoisotopic (exact) mass is 1020 g/mol. The number of benzene rings is 13. The van der Waals surface area contributed by atoms with Crippen LogP contribution in [-0.2, 0) is 6.42 Å². The van der Waals surface area contributed by atoms with Crippen LogP contribution in [0.5, 0.6) is 0 Å². The van der Waals surface area contributed by atoms with E-state index in [2.05, 4.69) is 204 Å². The van der Waals surface area contributed by atoms with Crippen LogP contribution in [0, 0.1) is 11.6 Å². The van der Waals surface area contributed by atoms with Crippen LogP contribution in [0.15, 0.2) is 263 Å². The van der Waals surface area contributed by atoms with Crippen molar-refractivity contribution in [1.29, 1.82) is 0 Å². The van der Waals surface area contributed by atoms with Crippen LogP contribution in [0.3, 0.4) is 0 Å². The minimum absolute atomic E-state index is 0.310. The predicted octanol–water partition coefficient (Wildman–Crippen LogP) is 20.9. The Bertz CT molecular complexity index is 5000. The highest BCUT2D eigenvalue weighted by Crippen LogP contribution is 2.51. The van der Waals surface area contributed by atoms with E-state index in [0.29, 0.717) is 6.42 Å². The van der Waals surface area contributed by atoms with Crippen LogP contribution in [0.2, 0.25) is 0 Å². The number of rotatable bonds is 8. The van der Waals surface area contributed by atoms with Crippen LogP contribution >= 0.6 is 0 Å². The van der Waals surface area contributed by atoms with Gasteiger partial charge in [-0.3, -0.25) is 0 Å². The molecule has 1 aliphatic carbocycles. The number of nitrogens with zero attached hydrogens (tertiary/aromatic N) is 2. The maximum atomic E-state index is 15.0. The summed E-state index contributed by atoms with van der Waals surface area (Å²) >= 11 is 0. The molecule has 0 saturated heterocycles. The Kier molecular flexibility index (Phi) is 10.0. The Morgan fingerprint density at radius 3 is 1.47 bits per heavy atom. The molecule has 2 heterocycles. The first-order valence-electron chi connectivity index (χ1n) is 26.6. The van der Waals surface area contributed by atoms with E-state index in [4.69, 9.17) is 8.83 Å². The molecule has 0 amide bonds. The third-order valence-electron chi connectivity index (χ3n) is 16.1. The van der Waals surface area contributed by atoms with E-state index in [1.807, 2.05) is 36.4 Å². The number of anilines is 5. The molecule has 0 unspecified atom stereocenters. The van der Waals surface area contributed by atoms with Crippen molar-refractivity contribution in [1.82, 2.24) is 0 Å². The molecule has 4 nitrogen and oxygen atoms in total. The van der Waals surface area contributed by atoms with Crippen molar-refractivity contribution in [2.45, 2.75) is 6.42 Å². The maximum absolute atomic E-state index is 15.0. The SMILES string of the molecule is Fc1ccc(N(C2=CC=Cc3c(oc4c(-c5ccccc5)cc5ccccc5c34)C2)c2ccc3ccc4c(N(c5ccc(F)cc5)c5cccc6c5oc5c(-c7ccccc7)cc7ccccc7c56)ccc5ccc2c3c54)cc1. The van der Waals surface area contributed by atoms with E-state index in [9.17, 15) is 4.39 Å². The normalized spacial score (nSPS) is 12.7. The Morgan fingerprint density at radius 1 is 0.354 bits per heavy atom. The summed E-state index contributed by atoms with van der Waals surface area (Å²) in [5.41, 5.74) is 12.9. The fourth-order valence-electron chi connectivity index (χ4n) is 12.6. The second kappa shape index (κ2) is 17.6. The van der Waals surface area contributed by atoms with Crippen molar-refractivity contribution >= 4 is 121 Å². The summed E-state index contributed by atoms with van der Waals surface area (Å²) in [5, 5.41) is 14.0. The van der Waals surface area contributed by atoms with Gasteiger partial charge in [0.25, 0.3) is 0 Å². The second-order valence-corrected chi connectivity index (χ2v) is 20.5. The van der Waals surface area contributed by atoms with Gasteiger partial charge in [0.1, 0.15) is 28.6 Å². The molecular weight excluding hydrogens is 975 g/mol. The highest BCUT2D eigenvalue weighted by Gasteiger charge is 2.28. The van der Waals surface area contributed by atoms with Crippen molar-refractivity contribution in [3.05, 3.63) is 277 Å². The number of para-hydroxylation sites is 1. The lowest BCUT2D eigenvalue weighted by atomic mass is 9.91. The van der Waals surface area contributed by atoms with Gasteiger partial charge in [0.2, 0.25) is 0 Å². The molecule has 0 radical (unpaired) electrons. The van der Waals surface area contributed by atoms with E-state index < -0.39 is 0 Å². The third kappa shape index (κ3) is 7.04. The molecule has 0 spiro atoms. The topological polar surface area (TPSA) is 32.8 Å². The standard InChI is InChI=1S/C73H44F2N2O2/c74-50-29-33-52(34-30-50)76(54-19-11-22-59-66(43-54)78-72-61(44-13-3-1-4-14-44)41-48-17-7-9-20-55(48)69(59)72)63-39-27-46-26-38-58-64(40-28-47-25-37-57(63)67(46)68(47)58)77(53-35-31-51(75)32-36-53)65-24-12-23-60-70-56-21-10-8-18-49(56)42-62(73(70)79-71(60)65)45-15-5-2-6-16-45/h1-42H,43H2. The van der Waals surface area contributed by atoms with Gasteiger partial charge >= 0.3 is 0 Å². The lowest BCUT2D eigenvalue weighted by Crippen LogP contribution is -2.18. The number of fused-ring (bicyclic) bond motifs is 10. The number of halogens is 2. The molecule has 372 valence electrons. The van der Waals surface area contributed by atoms with Crippen molar-refractivity contribution in [3.8, 4) is 22.3 Å². The first-order chi connectivity index (χ1) is 39.0. The van der Waals surface area contributed by atoms with Gasteiger partial charge in [-0.2, -0.15) is 0 Å². The quantitative estimate of drug-likeness (QED) is 0.142. The first-order valence-corrected chi connectivity index (χ1v) is 26.6. The largest absolute Gasteiger partial charge is 0.459 e. The summed E-state index contributed by atoms with van der Waals surface area (Å²) in [6.45, 7) is 0. The highest BCUT2D eigenvalue weighted by molar-refractivity contribution is 6.29. The minimum Gasteiger partial charge on any atom is -0.459 e. The Hall–Kier alpha value is -10.3. The van der Waals surface area contributed by atoms with E-state index in [1.54, 1.807) is 0 Å². The Balaban J connectivity index is 0.898. The lowest BCUT2D eigenvalue weighted by molar-refractivity contribution is 0.560. The summed E-state index contributed by atoms with van der Waals surface area (Å²) in [7, 11) is 0. The van der Waals surface area contributed by atoms with Crippen molar-refractivity contribution in [2.75, 3.05) is 9.80 Å². The van der Waals surface area contributed by atoms with Crippen LogP contribution in [-0.4, -0.2) is 0 Å². The van der Waals surface area contributed by atoms with Gasteiger partial charge in [0.15, 0.2) is 5.58 Å². The molecular formula is C73H44F2N2O2. The zero-order valence-electron chi connectivity index (χ0n) is 42.4. The van der Waals surface area contributed by atoms with Crippen LogP contribution in [0.4, 0.5) is 37.2 Å². The molecule has 2 aromatic heterocycles. The Morgan fingerprint density at radius 2 is 0.861 bits per heavy atom. The zero-order chi connectivity index (χ0) is 52.3. The zero-order valence-corrected chi connectivity index (χ0v) is 42.4. The van der Waals surface area contributed by atoms with Crippen molar-refractivity contribution in [3.63, 3.8) is 0 Å². The Labute approximate surface area is 452 Å². The number of allylic oxidation sites excluding steroid dienone is 3. The van der Waals surface area contributed by atoms with E-state index in [-0.39, 0.29) is 11.6 Å². The number of furan rings is 2. The van der Waals surface area contributed by atoms with E-state index in [1.165, 1.54) is 24.3 Å². The van der Waals surface area contributed by atoms with E-state index >= 15 is 4.39 Å². The van der Waals surface area contributed by atoms with Gasteiger partial charge in [-0.15, -0.1) is 0 Å². The molecule has 15 aromatic rings. The van der Waals surface area contributed by atoms with Gasteiger partial charge in [0.05, 0.1) is 17.1 Å². The summed E-state index contributed by atoms with van der Waals surface area (Å²) < 4.78 is 44.3. The molecule has 0 bridgehead atoms. The van der Waals surface area contributed by atoms with Crippen LogP contribution < -0.4 is 9.80 Å². The molecule has 1 aliphatic rings. The molecule has 0 atom stereocenters. The molecule has 13 aromatic carbocycles. The summed E-state index contributed by atoms with van der Waals surface area (Å²) in [6.07, 6.45) is 6.92. The summed E-state index contributed by atoms with van der Waals surface area (Å²) in [6, 6.07) is 79.7. The molecule has 0 aliphatic heterocycles. The van der Waals surface area contributed by atoms with Crippen molar-refractivity contribution in [2.24, 2.45) is 0 Å². The van der Waals surface area contributed by atoms with Gasteiger partial charge in [-0.25, -0.2) is 8.78 Å². The first kappa shape index (κ1) is 44.9. The van der Waals surface area contributed by atoms with Crippen molar-refractivity contribution < 1.29 is 17.6 Å². The minimum atomic E-state index is -0.320. The predicted molar refractivity (Wildman–Crippen MR) is 324 cm³/mol. The van der Waals surface area contributed by atoms with Crippen LogP contribution in [0.25, 0.3) is 115 Å². The molecule has 79 heavy (non-hydrogen) atoms. The van der Waals surface area contributed by atoms with Gasteiger partial charge in [-0.05, 0) is 139 Å². The molecule has 16 rings (SSSR count). The lowest BCUT2D eigenvalue weighted by Gasteiger charge is -2.30. The number of hydrogen-bond donors (Lipinski definition) is 0. The molecule has 6 heteroatoms. The maximum Gasteiger partial charge on any atom is 0.159 e. The van der Waals surface area contributed by atoms with Gasteiger partial charge in [-0.1, -0.05) is 170 Å². The second-order valence-electron chi connectivity index (χ2n) is 20.5. The smallest absolute Gasteiger partial charge is 0.159 e. The highest BCUT2D eigenvalue weighted by atomic mass is 19.1. The molecule has 0 N–H and O–H groups in total. The fourth-order valence-corrected chi connectivity index (χ4v) is 12.6. The summed E-state index contributed by atoms with van der Waals surface area (Å²) in [4.78, 5) is 4.47. The fraction of sp³-hybridized carbons (Fsp3) is 0.0137. The average molecular weight is 1020 g/mol. The van der Waals surface area contributed by atoms with Gasteiger partial charge in [0, 0.05) is 67.1 Å². The van der Waals surface area contributed by atoms with E-state index in [0.717, 1.165) is 154 Å². The van der Waals surface area contributed by atoms with Gasteiger partial charge < -0.3 is 18.6 Å². The average Bonchev–Trinajstić information content (AvgIpc) is 4.27. The molecule has 0 fully saturated rings. The number of hydrogen-bond acceptors (Lipinski definition) is 4. The summed E-state index contributed by atoms with van der Waals surface area (Å²) in [5.74, 6) is 0.220.